The molecule has 18 heavy (non-hydrogen) atoms. The lowest BCUT2D eigenvalue weighted by Crippen LogP contribution is -2.28. The Morgan fingerprint density at radius 3 is 2.56 bits per heavy atom. The summed E-state index contributed by atoms with van der Waals surface area (Å²) < 4.78 is 5.55. The summed E-state index contributed by atoms with van der Waals surface area (Å²) in [6.07, 6.45) is 1.16. The molecule has 2 atom stereocenters. The molecule has 0 bridgehead atoms. The Hall–Kier alpha value is -0.860. The van der Waals surface area contributed by atoms with Gasteiger partial charge in [-0.2, -0.15) is 0 Å². The van der Waals surface area contributed by atoms with E-state index in [-0.39, 0.29) is 5.41 Å². The quantitative estimate of drug-likeness (QED) is 0.885. The van der Waals surface area contributed by atoms with Crippen molar-refractivity contribution >= 4 is 0 Å². The molecule has 1 fully saturated rings. The maximum atomic E-state index is 5.55. The first-order valence-electron chi connectivity index (χ1n) is 6.88. The van der Waals surface area contributed by atoms with Crippen LogP contribution < -0.4 is 5.32 Å². The first-order valence-corrected chi connectivity index (χ1v) is 6.88. The molecule has 0 saturated carbocycles. The van der Waals surface area contributed by atoms with Crippen LogP contribution in [0.2, 0.25) is 0 Å². The summed E-state index contributed by atoms with van der Waals surface area (Å²) in [6.45, 7) is 8.63. The summed E-state index contributed by atoms with van der Waals surface area (Å²) >= 11 is 0. The standard InChI is InChI=1S/C16H25NO/c1-16(2,3)14-8-6-5-7-13(14)15(17-4)12-9-10-18-11-12/h5-8,12,15,17H,9-11H2,1-4H3. The Bertz CT molecular complexity index is 388. The van der Waals surface area contributed by atoms with Gasteiger partial charge in [0.15, 0.2) is 0 Å². The number of hydrogen-bond acceptors (Lipinski definition) is 2. The second-order valence-electron chi connectivity index (χ2n) is 6.23. The van der Waals surface area contributed by atoms with E-state index in [4.69, 9.17) is 4.74 Å². The van der Waals surface area contributed by atoms with Crippen LogP contribution in [0.3, 0.4) is 0 Å². The predicted molar refractivity (Wildman–Crippen MR) is 75.9 cm³/mol. The molecule has 0 aromatic heterocycles. The van der Waals surface area contributed by atoms with Gasteiger partial charge in [-0.05, 0) is 30.0 Å². The first kappa shape index (κ1) is 13.6. The fourth-order valence-corrected chi connectivity index (χ4v) is 2.91. The Morgan fingerprint density at radius 2 is 2.00 bits per heavy atom. The van der Waals surface area contributed by atoms with Crippen LogP contribution in [-0.4, -0.2) is 20.3 Å². The van der Waals surface area contributed by atoms with Gasteiger partial charge in [-0.1, -0.05) is 45.0 Å². The lowest BCUT2D eigenvalue weighted by molar-refractivity contribution is 0.177. The van der Waals surface area contributed by atoms with Crippen molar-refractivity contribution in [2.45, 2.75) is 38.6 Å². The van der Waals surface area contributed by atoms with Gasteiger partial charge in [-0.25, -0.2) is 0 Å². The smallest absolute Gasteiger partial charge is 0.0513 e. The molecule has 1 N–H and O–H groups in total. The van der Waals surface area contributed by atoms with Crippen LogP contribution in [0.5, 0.6) is 0 Å². The average Bonchev–Trinajstić information content (AvgIpc) is 2.83. The van der Waals surface area contributed by atoms with Crippen molar-refractivity contribution in [2.24, 2.45) is 5.92 Å². The lowest BCUT2D eigenvalue weighted by atomic mass is 9.79. The molecule has 2 unspecified atom stereocenters. The lowest BCUT2D eigenvalue weighted by Gasteiger charge is -2.30. The Morgan fingerprint density at radius 1 is 1.28 bits per heavy atom. The monoisotopic (exact) mass is 247 g/mol. The van der Waals surface area contributed by atoms with Crippen molar-refractivity contribution < 1.29 is 4.74 Å². The third kappa shape index (κ3) is 2.76. The summed E-state index contributed by atoms with van der Waals surface area (Å²) in [4.78, 5) is 0. The van der Waals surface area contributed by atoms with E-state index in [0.29, 0.717) is 12.0 Å². The summed E-state index contributed by atoms with van der Waals surface area (Å²) in [5, 5.41) is 3.49. The Kier molecular flexibility index (Phi) is 4.08. The Balaban J connectivity index is 2.35. The molecule has 1 aromatic rings. The van der Waals surface area contributed by atoms with E-state index < -0.39 is 0 Å². The molecule has 0 amide bonds. The van der Waals surface area contributed by atoms with E-state index in [1.807, 2.05) is 0 Å². The highest BCUT2D eigenvalue weighted by atomic mass is 16.5. The Labute approximate surface area is 111 Å². The second-order valence-corrected chi connectivity index (χ2v) is 6.23. The SMILES string of the molecule is CNC(c1ccccc1C(C)(C)C)C1CCOC1. The molecule has 2 nitrogen and oxygen atoms in total. The third-order valence-electron chi connectivity index (χ3n) is 3.85. The fourth-order valence-electron chi connectivity index (χ4n) is 2.91. The van der Waals surface area contributed by atoms with Crippen molar-refractivity contribution in [3.63, 3.8) is 0 Å². The first-order chi connectivity index (χ1) is 8.54. The molecule has 1 aliphatic heterocycles. The molecule has 2 heteroatoms. The van der Waals surface area contributed by atoms with Crippen LogP contribution in [-0.2, 0) is 10.2 Å². The van der Waals surface area contributed by atoms with Crippen molar-refractivity contribution in [1.82, 2.24) is 5.32 Å². The molecule has 0 aliphatic carbocycles. The van der Waals surface area contributed by atoms with Crippen LogP contribution in [0.15, 0.2) is 24.3 Å². The number of rotatable bonds is 3. The van der Waals surface area contributed by atoms with Gasteiger partial charge >= 0.3 is 0 Å². The zero-order chi connectivity index (χ0) is 13.2. The van der Waals surface area contributed by atoms with E-state index >= 15 is 0 Å². The number of nitrogens with one attached hydrogen (secondary N) is 1. The highest BCUT2D eigenvalue weighted by molar-refractivity contribution is 5.35. The maximum absolute atomic E-state index is 5.55. The maximum Gasteiger partial charge on any atom is 0.0513 e. The van der Waals surface area contributed by atoms with Crippen LogP contribution in [0.1, 0.15) is 44.4 Å². The van der Waals surface area contributed by atoms with Gasteiger partial charge in [-0.15, -0.1) is 0 Å². The van der Waals surface area contributed by atoms with Gasteiger partial charge in [0, 0.05) is 18.6 Å². The fraction of sp³-hybridized carbons (Fsp3) is 0.625. The van der Waals surface area contributed by atoms with Crippen LogP contribution in [0.4, 0.5) is 0 Å². The molecule has 1 saturated heterocycles. The van der Waals surface area contributed by atoms with E-state index in [9.17, 15) is 0 Å². The minimum absolute atomic E-state index is 0.186. The van der Waals surface area contributed by atoms with Gasteiger partial charge in [0.05, 0.1) is 6.61 Å². The molecule has 2 rings (SSSR count). The van der Waals surface area contributed by atoms with E-state index in [0.717, 1.165) is 19.6 Å². The van der Waals surface area contributed by atoms with Crippen LogP contribution in [0.25, 0.3) is 0 Å². The molecule has 0 spiro atoms. The predicted octanol–water partition coefficient (Wildman–Crippen LogP) is 3.28. The summed E-state index contributed by atoms with van der Waals surface area (Å²) in [5.74, 6) is 0.596. The number of ether oxygens (including phenoxy) is 1. The van der Waals surface area contributed by atoms with Gasteiger partial charge in [0.2, 0.25) is 0 Å². The highest BCUT2D eigenvalue weighted by Crippen LogP contribution is 2.35. The van der Waals surface area contributed by atoms with Crippen molar-refractivity contribution in [3.05, 3.63) is 35.4 Å². The number of hydrogen-bond donors (Lipinski definition) is 1. The molecule has 1 heterocycles. The molecule has 0 radical (unpaired) electrons. The van der Waals surface area contributed by atoms with Crippen molar-refractivity contribution in [3.8, 4) is 0 Å². The van der Waals surface area contributed by atoms with E-state index in [2.05, 4.69) is 57.4 Å². The summed E-state index contributed by atoms with van der Waals surface area (Å²) in [6, 6.07) is 9.21. The largest absolute Gasteiger partial charge is 0.381 e. The molecule has 100 valence electrons. The molecule has 1 aliphatic rings. The molecular formula is C16H25NO. The van der Waals surface area contributed by atoms with Crippen LogP contribution >= 0.6 is 0 Å². The van der Waals surface area contributed by atoms with E-state index in [1.165, 1.54) is 11.1 Å². The molecular weight excluding hydrogens is 222 g/mol. The minimum Gasteiger partial charge on any atom is -0.381 e. The van der Waals surface area contributed by atoms with Gasteiger partial charge in [0.1, 0.15) is 0 Å². The molecule has 1 aromatic carbocycles. The second kappa shape index (κ2) is 5.41. The number of benzene rings is 1. The van der Waals surface area contributed by atoms with Crippen molar-refractivity contribution in [2.75, 3.05) is 20.3 Å². The van der Waals surface area contributed by atoms with Gasteiger partial charge in [-0.3, -0.25) is 0 Å². The zero-order valence-corrected chi connectivity index (χ0v) is 12.0. The minimum atomic E-state index is 0.186. The van der Waals surface area contributed by atoms with Gasteiger partial charge < -0.3 is 10.1 Å². The average molecular weight is 247 g/mol. The van der Waals surface area contributed by atoms with Gasteiger partial charge in [0.25, 0.3) is 0 Å². The van der Waals surface area contributed by atoms with Crippen LogP contribution in [0, 0.1) is 5.92 Å². The zero-order valence-electron chi connectivity index (χ0n) is 12.0. The van der Waals surface area contributed by atoms with Crippen molar-refractivity contribution in [1.29, 1.82) is 0 Å². The van der Waals surface area contributed by atoms with E-state index in [1.54, 1.807) is 0 Å². The summed E-state index contributed by atoms with van der Waals surface area (Å²) in [7, 11) is 2.06. The highest BCUT2D eigenvalue weighted by Gasteiger charge is 2.29. The topological polar surface area (TPSA) is 21.3 Å². The normalized spacial score (nSPS) is 22.1. The third-order valence-corrected chi connectivity index (χ3v) is 3.85. The summed E-state index contributed by atoms with van der Waals surface area (Å²) in [5.41, 5.74) is 3.06.